The van der Waals surface area contributed by atoms with E-state index in [1.807, 2.05) is 0 Å². The molecule has 0 aliphatic carbocycles. The fourth-order valence-electron chi connectivity index (χ4n) is 2.91. The van der Waals surface area contributed by atoms with E-state index >= 15 is 0 Å². The number of piperidine rings is 1. The highest BCUT2D eigenvalue weighted by Gasteiger charge is 2.24. The van der Waals surface area contributed by atoms with Crippen molar-refractivity contribution in [1.82, 2.24) is 14.7 Å². The first-order chi connectivity index (χ1) is 8.15. The Hall–Kier alpha value is -0.810. The van der Waals surface area contributed by atoms with Gasteiger partial charge in [0.2, 0.25) is 0 Å². The van der Waals surface area contributed by atoms with Crippen LogP contribution in [0.3, 0.4) is 0 Å². The number of carboxylic acid groups (broad SMARTS) is 1. The molecule has 0 aromatic heterocycles. The molecule has 1 amide bonds. The summed E-state index contributed by atoms with van der Waals surface area (Å²) in [5.74, 6) is 0.769. The maximum atomic E-state index is 10.8. The Morgan fingerprint density at radius 3 is 2.53 bits per heavy atom. The molecule has 5 heteroatoms. The summed E-state index contributed by atoms with van der Waals surface area (Å²) in [6.45, 7) is 6.68. The molecule has 98 valence electrons. The molecule has 2 heterocycles. The lowest BCUT2D eigenvalue weighted by molar-refractivity contribution is 0.0869. The van der Waals surface area contributed by atoms with Crippen LogP contribution in [0.15, 0.2) is 0 Å². The quantitative estimate of drug-likeness (QED) is 0.770. The van der Waals surface area contributed by atoms with Gasteiger partial charge in [0.15, 0.2) is 0 Å². The highest BCUT2D eigenvalue weighted by Crippen LogP contribution is 2.17. The van der Waals surface area contributed by atoms with Crippen LogP contribution in [0, 0.1) is 5.92 Å². The van der Waals surface area contributed by atoms with Crippen molar-refractivity contribution in [2.45, 2.75) is 12.8 Å². The number of hydrogen-bond donors (Lipinski definition) is 1. The molecule has 2 rings (SSSR count). The lowest BCUT2D eigenvalue weighted by atomic mass is 9.97. The molecule has 2 fully saturated rings. The highest BCUT2D eigenvalue weighted by atomic mass is 16.4. The summed E-state index contributed by atoms with van der Waals surface area (Å²) in [5.41, 5.74) is 0. The zero-order valence-corrected chi connectivity index (χ0v) is 10.6. The van der Waals surface area contributed by atoms with E-state index in [1.54, 1.807) is 0 Å². The Balaban J connectivity index is 1.72. The van der Waals surface area contributed by atoms with Crippen LogP contribution in [0.1, 0.15) is 12.8 Å². The molecule has 1 unspecified atom stereocenters. The molecule has 2 aliphatic rings. The standard InChI is InChI=1S/C12H23N3O2/c1-13-4-2-3-11(9-13)10-14-5-7-15(8-6-14)12(16)17/h11H,2-10H2,1H3,(H,16,17). The van der Waals surface area contributed by atoms with Crippen molar-refractivity contribution < 1.29 is 9.90 Å². The van der Waals surface area contributed by atoms with Crippen LogP contribution in [0.4, 0.5) is 4.79 Å². The van der Waals surface area contributed by atoms with Gasteiger partial charge in [-0.1, -0.05) is 0 Å². The predicted molar refractivity (Wildman–Crippen MR) is 66.3 cm³/mol. The van der Waals surface area contributed by atoms with Gasteiger partial charge in [-0.3, -0.25) is 4.90 Å². The molecule has 0 aromatic rings. The van der Waals surface area contributed by atoms with E-state index in [0.717, 1.165) is 25.6 Å². The van der Waals surface area contributed by atoms with Crippen LogP contribution in [0.2, 0.25) is 0 Å². The summed E-state index contributed by atoms with van der Waals surface area (Å²) >= 11 is 0. The van der Waals surface area contributed by atoms with Crippen molar-refractivity contribution in [3.05, 3.63) is 0 Å². The first-order valence-electron chi connectivity index (χ1n) is 6.54. The van der Waals surface area contributed by atoms with Crippen LogP contribution < -0.4 is 0 Å². The minimum Gasteiger partial charge on any atom is -0.465 e. The van der Waals surface area contributed by atoms with E-state index in [4.69, 9.17) is 5.11 Å². The van der Waals surface area contributed by atoms with Crippen LogP contribution >= 0.6 is 0 Å². The van der Waals surface area contributed by atoms with Crippen molar-refractivity contribution in [3.8, 4) is 0 Å². The molecule has 0 saturated carbocycles. The third kappa shape index (κ3) is 3.57. The second-order valence-electron chi connectivity index (χ2n) is 5.34. The van der Waals surface area contributed by atoms with Gasteiger partial charge in [0.05, 0.1) is 0 Å². The van der Waals surface area contributed by atoms with Gasteiger partial charge in [-0.2, -0.15) is 0 Å². The fraction of sp³-hybridized carbons (Fsp3) is 0.917. The van der Waals surface area contributed by atoms with Crippen molar-refractivity contribution in [3.63, 3.8) is 0 Å². The molecule has 2 saturated heterocycles. The van der Waals surface area contributed by atoms with Crippen molar-refractivity contribution in [1.29, 1.82) is 0 Å². The van der Waals surface area contributed by atoms with Crippen LogP contribution in [0.25, 0.3) is 0 Å². The minimum absolute atomic E-state index is 0.665. The summed E-state index contributed by atoms with van der Waals surface area (Å²) in [5, 5.41) is 8.88. The van der Waals surface area contributed by atoms with E-state index in [-0.39, 0.29) is 0 Å². The second kappa shape index (κ2) is 5.69. The first kappa shape index (κ1) is 12.6. The van der Waals surface area contributed by atoms with Gasteiger partial charge in [-0.25, -0.2) is 4.79 Å². The van der Waals surface area contributed by atoms with E-state index in [9.17, 15) is 4.79 Å². The van der Waals surface area contributed by atoms with Gasteiger partial charge < -0.3 is 14.9 Å². The molecule has 1 N–H and O–H groups in total. The van der Waals surface area contributed by atoms with E-state index in [2.05, 4.69) is 16.8 Å². The first-order valence-corrected chi connectivity index (χ1v) is 6.54. The van der Waals surface area contributed by atoms with Crippen LogP contribution in [-0.4, -0.2) is 78.8 Å². The zero-order valence-electron chi connectivity index (χ0n) is 10.6. The number of hydrogen-bond acceptors (Lipinski definition) is 3. The third-order valence-electron chi connectivity index (χ3n) is 3.88. The average molecular weight is 241 g/mol. The Morgan fingerprint density at radius 2 is 1.94 bits per heavy atom. The number of piperazine rings is 1. The van der Waals surface area contributed by atoms with Gasteiger partial charge in [0.25, 0.3) is 0 Å². The number of likely N-dealkylation sites (tertiary alicyclic amines) is 1. The third-order valence-corrected chi connectivity index (χ3v) is 3.88. The summed E-state index contributed by atoms with van der Waals surface area (Å²) < 4.78 is 0. The number of amides is 1. The van der Waals surface area contributed by atoms with Crippen molar-refractivity contribution >= 4 is 6.09 Å². The lowest BCUT2D eigenvalue weighted by Gasteiger charge is -2.37. The molecule has 5 nitrogen and oxygen atoms in total. The van der Waals surface area contributed by atoms with Crippen LogP contribution in [-0.2, 0) is 0 Å². The predicted octanol–water partition coefficient (Wildman–Crippen LogP) is 0.624. The minimum atomic E-state index is -0.776. The number of nitrogens with zero attached hydrogens (tertiary/aromatic N) is 3. The van der Waals surface area contributed by atoms with E-state index in [1.165, 1.54) is 30.8 Å². The number of carbonyl (C=O) groups is 1. The summed E-state index contributed by atoms with van der Waals surface area (Å²) in [4.78, 5) is 17.1. The fourth-order valence-corrected chi connectivity index (χ4v) is 2.91. The molecule has 0 aromatic carbocycles. The largest absolute Gasteiger partial charge is 0.465 e. The summed E-state index contributed by atoms with van der Waals surface area (Å²) in [7, 11) is 2.19. The Morgan fingerprint density at radius 1 is 1.24 bits per heavy atom. The van der Waals surface area contributed by atoms with Crippen molar-refractivity contribution in [2.75, 3.05) is 52.9 Å². The Kier molecular flexibility index (Phi) is 4.23. The Labute approximate surface area is 103 Å². The number of rotatable bonds is 2. The zero-order chi connectivity index (χ0) is 12.3. The molecular formula is C12H23N3O2. The van der Waals surface area contributed by atoms with Gasteiger partial charge in [0, 0.05) is 39.3 Å². The molecular weight excluding hydrogens is 218 g/mol. The molecule has 1 atom stereocenters. The molecule has 0 spiro atoms. The summed E-state index contributed by atoms with van der Waals surface area (Å²) in [6.07, 6.45) is 1.85. The smallest absolute Gasteiger partial charge is 0.407 e. The molecule has 0 radical (unpaired) electrons. The lowest BCUT2D eigenvalue weighted by Crippen LogP contribution is -2.50. The molecule has 2 aliphatic heterocycles. The highest BCUT2D eigenvalue weighted by molar-refractivity contribution is 5.65. The normalized spacial score (nSPS) is 28.3. The topological polar surface area (TPSA) is 47.0 Å². The van der Waals surface area contributed by atoms with Gasteiger partial charge in [-0.05, 0) is 32.4 Å². The van der Waals surface area contributed by atoms with E-state index < -0.39 is 6.09 Å². The van der Waals surface area contributed by atoms with Crippen molar-refractivity contribution in [2.24, 2.45) is 5.92 Å². The van der Waals surface area contributed by atoms with Crippen LogP contribution in [0.5, 0.6) is 0 Å². The maximum Gasteiger partial charge on any atom is 0.407 e. The van der Waals surface area contributed by atoms with Gasteiger partial charge in [0.1, 0.15) is 0 Å². The Bertz CT molecular complexity index is 264. The maximum absolute atomic E-state index is 10.8. The average Bonchev–Trinajstić information content (AvgIpc) is 2.29. The summed E-state index contributed by atoms with van der Waals surface area (Å²) in [6, 6.07) is 0. The second-order valence-corrected chi connectivity index (χ2v) is 5.34. The molecule has 17 heavy (non-hydrogen) atoms. The van der Waals surface area contributed by atoms with E-state index in [0.29, 0.717) is 13.1 Å². The monoisotopic (exact) mass is 241 g/mol. The van der Waals surface area contributed by atoms with Gasteiger partial charge in [-0.15, -0.1) is 0 Å². The van der Waals surface area contributed by atoms with Gasteiger partial charge >= 0.3 is 6.09 Å². The molecule has 0 bridgehead atoms. The SMILES string of the molecule is CN1CCCC(CN2CCN(C(=O)O)CC2)C1.